The summed E-state index contributed by atoms with van der Waals surface area (Å²) in [5.41, 5.74) is 0.981. The maximum Gasteiger partial charge on any atom is 0.216 e. The Labute approximate surface area is 148 Å². The molecule has 3 aromatic rings. The van der Waals surface area contributed by atoms with Gasteiger partial charge in [-0.05, 0) is 42.5 Å². The summed E-state index contributed by atoms with van der Waals surface area (Å²) >= 11 is 5.19. The quantitative estimate of drug-likeness (QED) is 0.559. The van der Waals surface area contributed by atoms with Gasteiger partial charge in [0, 0.05) is 5.56 Å². The maximum atomic E-state index is 14.1. The van der Waals surface area contributed by atoms with E-state index in [1.165, 1.54) is 10.7 Å². The zero-order valence-electron chi connectivity index (χ0n) is 13.6. The van der Waals surface area contributed by atoms with E-state index in [1.54, 1.807) is 56.8 Å². The van der Waals surface area contributed by atoms with E-state index in [0.717, 1.165) is 0 Å². The van der Waals surface area contributed by atoms with Crippen molar-refractivity contribution in [2.75, 3.05) is 14.2 Å². The molecule has 0 saturated heterocycles. The highest BCUT2D eigenvalue weighted by molar-refractivity contribution is 7.71. The van der Waals surface area contributed by atoms with Crippen molar-refractivity contribution in [3.05, 3.63) is 58.6 Å². The lowest BCUT2D eigenvalue weighted by atomic mass is 10.2. The Bertz CT molecular complexity index is 981. The molecule has 0 radical (unpaired) electrons. The number of rotatable bonds is 5. The maximum absolute atomic E-state index is 14.1. The molecule has 1 N–H and O–H groups in total. The fourth-order valence-electron chi connectivity index (χ4n) is 2.28. The third kappa shape index (κ3) is 3.43. The van der Waals surface area contributed by atoms with Gasteiger partial charge in [0.25, 0.3) is 0 Å². The smallest absolute Gasteiger partial charge is 0.216 e. The summed E-state index contributed by atoms with van der Waals surface area (Å²) in [6.07, 6.45) is 1.55. The third-order valence-electron chi connectivity index (χ3n) is 3.51. The molecule has 0 saturated carbocycles. The lowest BCUT2D eigenvalue weighted by Gasteiger charge is -2.07. The highest BCUT2D eigenvalue weighted by Gasteiger charge is 2.12. The number of methoxy groups -OCH3 is 2. The molecule has 0 fully saturated rings. The highest BCUT2D eigenvalue weighted by Crippen LogP contribution is 2.23. The Morgan fingerprint density at radius 3 is 2.72 bits per heavy atom. The fourth-order valence-corrected chi connectivity index (χ4v) is 2.46. The lowest BCUT2D eigenvalue weighted by Crippen LogP contribution is -1.98. The van der Waals surface area contributed by atoms with Gasteiger partial charge in [-0.25, -0.2) is 9.49 Å². The van der Waals surface area contributed by atoms with Crippen LogP contribution in [0.4, 0.5) is 4.39 Å². The molecule has 0 aliphatic rings. The van der Waals surface area contributed by atoms with E-state index in [1.807, 2.05) is 0 Å². The largest absolute Gasteiger partial charge is 0.497 e. The van der Waals surface area contributed by atoms with Crippen LogP contribution in [0.15, 0.2) is 47.6 Å². The molecular formula is C17H15FN4O2S. The van der Waals surface area contributed by atoms with E-state index in [2.05, 4.69) is 15.3 Å². The summed E-state index contributed by atoms with van der Waals surface area (Å²) in [5, 5.41) is 11.0. The molecule has 2 aromatic carbocycles. The van der Waals surface area contributed by atoms with Crippen molar-refractivity contribution in [2.24, 2.45) is 5.10 Å². The predicted octanol–water partition coefficient (Wildman–Crippen LogP) is 3.65. The van der Waals surface area contributed by atoms with Crippen LogP contribution in [-0.4, -0.2) is 35.3 Å². The molecule has 6 nitrogen and oxygen atoms in total. The molecule has 3 rings (SSSR count). The number of nitrogens with zero attached hydrogens (tertiary/aromatic N) is 3. The Hall–Kier alpha value is -3.00. The third-order valence-corrected chi connectivity index (χ3v) is 3.78. The van der Waals surface area contributed by atoms with Crippen molar-refractivity contribution in [3.8, 4) is 22.9 Å². The van der Waals surface area contributed by atoms with Crippen LogP contribution >= 0.6 is 12.2 Å². The molecule has 25 heavy (non-hydrogen) atoms. The number of hydrogen-bond acceptors (Lipinski definition) is 5. The SMILES string of the molecule is COc1ccc(OC)c(C=Nn2c(-c3ccccc3F)n[nH]c2=S)c1. The summed E-state index contributed by atoms with van der Waals surface area (Å²) < 4.78 is 26.2. The zero-order chi connectivity index (χ0) is 17.8. The van der Waals surface area contributed by atoms with Gasteiger partial charge in [0.15, 0.2) is 5.82 Å². The topological polar surface area (TPSA) is 64.4 Å². The summed E-state index contributed by atoms with van der Waals surface area (Å²) in [7, 11) is 3.14. The number of H-pyrrole nitrogens is 1. The van der Waals surface area contributed by atoms with Gasteiger partial charge in [-0.3, -0.25) is 0 Å². The first kappa shape index (κ1) is 16.8. The number of halogens is 1. The van der Waals surface area contributed by atoms with Crippen molar-refractivity contribution >= 4 is 18.4 Å². The second-order valence-electron chi connectivity index (χ2n) is 5.00. The van der Waals surface area contributed by atoms with E-state index in [0.29, 0.717) is 22.6 Å². The van der Waals surface area contributed by atoms with Crippen molar-refractivity contribution in [1.82, 2.24) is 14.9 Å². The molecule has 0 amide bonds. The van der Waals surface area contributed by atoms with Crippen molar-refractivity contribution in [2.45, 2.75) is 0 Å². The van der Waals surface area contributed by atoms with E-state index in [4.69, 9.17) is 21.7 Å². The molecule has 1 aromatic heterocycles. The molecule has 0 unspecified atom stereocenters. The van der Waals surface area contributed by atoms with Crippen molar-refractivity contribution < 1.29 is 13.9 Å². The van der Waals surface area contributed by atoms with Crippen LogP contribution in [0.1, 0.15) is 5.56 Å². The molecule has 128 valence electrons. The summed E-state index contributed by atoms with van der Waals surface area (Å²) in [6, 6.07) is 11.6. The van der Waals surface area contributed by atoms with E-state index in [9.17, 15) is 4.39 Å². The first-order valence-corrected chi connectivity index (χ1v) is 7.73. The van der Waals surface area contributed by atoms with Crippen molar-refractivity contribution in [3.63, 3.8) is 0 Å². The number of hydrogen-bond donors (Lipinski definition) is 1. The van der Waals surface area contributed by atoms with Gasteiger partial charge >= 0.3 is 0 Å². The minimum atomic E-state index is -0.410. The highest BCUT2D eigenvalue weighted by atomic mass is 32.1. The first-order valence-electron chi connectivity index (χ1n) is 7.32. The number of nitrogens with one attached hydrogen (secondary N) is 1. The Balaban J connectivity index is 2.05. The van der Waals surface area contributed by atoms with Crippen LogP contribution in [0.25, 0.3) is 11.4 Å². The summed E-state index contributed by atoms with van der Waals surface area (Å²) in [5.74, 6) is 1.15. The van der Waals surface area contributed by atoms with Crippen LogP contribution in [0, 0.1) is 10.6 Å². The van der Waals surface area contributed by atoms with Crippen LogP contribution in [-0.2, 0) is 0 Å². The number of aromatic nitrogens is 3. The minimum absolute atomic E-state index is 0.247. The molecule has 1 heterocycles. The van der Waals surface area contributed by atoms with E-state index >= 15 is 0 Å². The monoisotopic (exact) mass is 358 g/mol. The van der Waals surface area contributed by atoms with Gasteiger partial charge in [-0.2, -0.15) is 14.9 Å². The van der Waals surface area contributed by atoms with E-state index < -0.39 is 5.82 Å². The van der Waals surface area contributed by atoms with Gasteiger partial charge in [0.2, 0.25) is 4.77 Å². The lowest BCUT2D eigenvalue weighted by molar-refractivity contribution is 0.402. The van der Waals surface area contributed by atoms with E-state index in [-0.39, 0.29) is 10.6 Å². The van der Waals surface area contributed by atoms with Crippen LogP contribution < -0.4 is 9.47 Å². The van der Waals surface area contributed by atoms with Crippen LogP contribution in [0.5, 0.6) is 11.5 Å². The zero-order valence-corrected chi connectivity index (χ0v) is 14.4. The van der Waals surface area contributed by atoms with Gasteiger partial charge in [0.05, 0.1) is 26.0 Å². The van der Waals surface area contributed by atoms with Gasteiger partial charge in [0.1, 0.15) is 17.3 Å². The summed E-state index contributed by atoms with van der Waals surface area (Å²) in [4.78, 5) is 0. The number of aromatic amines is 1. The fraction of sp³-hybridized carbons (Fsp3) is 0.118. The second kappa shape index (κ2) is 7.27. The van der Waals surface area contributed by atoms with Crippen LogP contribution in [0.2, 0.25) is 0 Å². The average Bonchev–Trinajstić information content (AvgIpc) is 3.00. The molecule has 0 aliphatic heterocycles. The number of benzene rings is 2. The Kier molecular flexibility index (Phi) is 4.90. The van der Waals surface area contributed by atoms with Crippen molar-refractivity contribution in [1.29, 1.82) is 0 Å². The molecule has 8 heteroatoms. The molecule has 0 bridgehead atoms. The Morgan fingerprint density at radius 1 is 1.20 bits per heavy atom. The van der Waals surface area contributed by atoms with Crippen LogP contribution in [0.3, 0.4) is 0 Å². The van der Waals surface area contributed by atoms with Gasteiger partial charge in [-0.15, -0.1) is 0 Å². The predicted molar refractivity (Wildman–Crippen MR) is 95.3 cm³/mol. The summed E-state index contributed by atoms with van der Waals surface area (Å²) in [6.45, 7) is 0. The van der Waals surface area contributed by atoms with Gasteiger partial charge in [-0.1, -0.05) is 12.1 Å². The van der Waals surface area contributed by atoms with Gasteiger partial charge < -0.3 is 9.47 Å². The standard InChI is InChI=1S/C17H15FN4O2S/c1-23-12-7-8-15(24-2)11(9-12)10-19-22-16(20-21-17(22)25)13-5-3-4-6-14(13)18/h3-10H,1-2H3,(H,21,25). The molecule has 0 aliphatic carbocycles. The normalized spacial score (nSPS) is 11.0. The first-order chi connectivity index (χ1) is 12.1. The Morgan fingerprint density at radius 2 is 2.00 bits per heavy atom. The minimum Gasteiger partial charge on any atom is -0.497 e. The second-order valence-corrected chi connectivity index (χ2v) is 5.38. The molecule has 0 atom stereocenters. The average molecular weight is 358 g/mol. The molecule has 0 spiro atoms. The molecular weight excluding hydrogens is 343 g/mol. The number of ether oxygens (including phenoxy) is 2.